The number of rotatable bonds is 4. The minimum atomic E-state index is -0.101. The predicted octanol–water partition coefficient (Wildman–Crippen LogP) is 2.78. The molecule has 12 heavy (non-hydrogen) atoms. The maximum absolute atomic E-state index is 12.5. The van der Waals surface area contributed by atoms with E-state index >= 15 is 0 Å². The van der Waals surface area contributed by atoms with Crippen LogP contribution < -0.4 is 5.32 Å². The Balaban J connectivity index is 2.33. The Morgan fingerprint density at radius 3 is 2.83 bits per heavy atom. The van der Waals surface area contributed by atoms with Gasteiger partial charge >= 0.3 is 0 Å². The third-order valence-electron chi connectivity index (χ3n) is 1.87. The molecule has 0 aliphatic carbocycles. The molecule has 0 radical (unpaired) electrons. The fourth-order valence-electron chi connectivity index (χ4n) is 0.866. The van der Waals surface area contributed by atoms with Crippen LogP contribution in [0.2, 0.25) is 0 Å². The zero-order valence-corrected chi connectivity index (χ0v) is 8.25. The van der Waals surface area contributed by atoms with Gasteiger partial charge in [-0.2, -0.15) is 4.39 Å². The van der Waals surface area contributed by atoms with Gasteiger partial charge in [-0.1, -0.05) is 6.92 Å². The van der Waals surface area contributed by atoms with Gasteiger partial charge < -0.3 is 5.32 Å². The molecule has 1 rings (SSSR count). The monoisotopic (exact) mass is 187 g/mol. The maximum Gasteiger partial charge on any atom is 0.176 e. The van der Waals surface area contributed by atoms with Gasteiger partial charge in [-0.15, -0.1) is 11.3 Å². The van der Waals surface area contributed by atoms with Crippen molar-refractivity contribution in [2.24, 2.45) is 0 Å². The van der Waals surface area contributed by atoms with Crippen molar-refractivity contribution < 1.29 is 4.39 Å². The van der Waals surface area contributed by atoms with E-state index in [4.69, 9.17) is 0 Å². The SMILES string of the molecule is CC[C@H](C)NCc1ccc(F)s1. The molecular weight excluding hydrogens is 173 g/mol. The summed E-state index contributed by atoms with van der Waals surface area (Å²) in [4.78, 5) is 1.06. The van der Waals surface area contributed by atoms with E-state index in [1.165, 1.54) is 17.4 Å². The summed E-state index contributed by atoms with van der Waals surface area (Å²) in [7, 11) is 0. The summed E-state index contributed by atoms with van der Waals surface area (Å²) in [6.45, 7) is 5.04. The first-order valence-electron chi connectivity index (χ1n) is 4.20. The lowest BCUT2D eigenvalue weighted by molar-refractivity contribution is 0.537. The van der Waals surface area contributed by atoms with Crippen LogP contribution in [0, 0.1) is 5.13 Å². The Hall–Kier alpha value is -0.410. The van der Waals surface area contributed by atoms with Crippen molar-refractivity contribution in [1.82, 2.24) is 5.32 Å². The Labute approximate surface area is 76.6 Å². The van der Waals surface area contributed by atoms with Gasteiger partial charge in [0.15, 0.2) is 5.13 Å². The lowest BCUT2D eigenvalue weighted by Crippen LogP contribution is -2.23. The number of halogens is 1. The average Bonchev–Trinajstić information content (AvgIpc) is 2.47. The molecule has 1 aromatic rings. The highest BCUT2D eigenvalue weighted by molar-refractivity contribution is 7.10. The summed E-state index contributed by atoms with van der Waals surface area (Å²) < 4.78 is 12.5. The third-order valence-corrected chi connectivity index (χ3v) is 2.74. The van der Waals surface area contributed by atoms with Crippen molar-refractivity contribution in [3.05, 3.63) is 22.1 Å². The van der Waals surface area contributed by atoms with Crippen LogP contribution in [0.3, 0.4) is 0 Å². The summed E-state index contributed by atoms with van der Waals surface area (Å²) in [5.74, 6) is 0. The second-order valence-corrected chi connectivity index (χ2v) is 4.01. The van der Waals surface area contributed by atoms with Gasteiger partial charge in [0.05, 0.1) is 0 Å². The lowest BCUT2D eigenvalue weighted by Gasteiger charge is -2.08. The highest BCUT2D eigenvalue weighted by Crippen LogP contribution is 2.13. The van der Waals surface area contributed by atoms with E-state index in [-0.39, 0.29) is 5.13 Å². The summed E-state index contributed by atoms with van der Waals surface area (Å²) in [6, 6.07) is 3.85. The standard InChI is InChI=1S/C9H14FNS/c1-3-7(2)11-6-8-4-5-9(10)12-8/h4-5,7,11H,3,6H2,1-2H3/t7-/m0/s1. The normalized spacial score (nSPS) is 13.2. The fraction of sp³-hybridized carbons (Fsp3) is 0.556. The predicted molar refractivity (Wildman–Crippen MR) is 50.9 cm³/mol. The van der Waals surface area contributed by atoms with Crippen LogP contribution in [0.4, 0.5) is 4.39 Å². The molecule has 1 aromatic heterocycles. The molecule has 1 atom stereocenters. The van der Waals surface area contributed by atoms with E-state index in [1.54, 1.807) is 0 Å². The van der Waals surface area contributed by atoms with Crippen LogP contribution in [0.5, 0.6) is 0 Å². The van der Waals surface area contributed by atoms with Gasteiger partial charge in [0.2, 0.25) is 0 Å². The van der Waals surface area contributed by atoms with E-state index in [2.05, 4.69) is 19.2 Å². The minimum absolute atomic E-state index is 0.101. The van der Waals surface area contributed by atoms with E-state index < -0.39 is 0 Å². The van der Waals surface area contributed by atoms with Crippen LogP contribution in [-0.2, 0) is 6.54 Å². The smallest absolute Gasteiger partial charge is 0.176 e. The van der Waals surface area contributed by atoms with Crippen molar-refractivity contribution in [3.8, 4) is 0 Å². The molecule has 0 spiro atoms. The van der Waals surface area contributed by atoms with Gasteiger partial charge in [-0.3, -0.25) is 0 Å². The van der Waals surface area contributed by atoms with Crippen molar-refractivity contribution in [2.45, 2.75) is 32.9 Å². The molecule has 68 valence electrons. The van der Waals surface area contributed by atoms with Crippen LogP contribution in [0.1, 0.15) is 25.1 Å². The Morgan fingerprint density at radius 2 is 2.33 bits per heavy atom. The highest BCUT2D eigenvalue weighted by atomic mass is 32.1. The van der Waals surface area contributed by atoms with Gasteiger partial charge in [0, 0.05) is 17.5 Å². The van der Waals surface area contributed by atoms with E-state index in [0.29, 0.717) is 6.04 Å². The first kappa shape index (κ1) is 9.68. The van der Waals surface area contributed by atoms with E-state index in [1.807, 2.05) is 6.07 Å². The average molecular weight is 187 g/mol. The fourth-order valence-corrected chi connectivity index (χ4v) is 1.54. The zero-order chi connectivity index (χ0) is 8.97. The van der Waals surface area contributed by atoms with Crippen molar-refractivity contribution in [2.75, 3.05) is 0 Å². The van der Waals surface area contributed by atoms with E-state index in [0.717, 1.165) is 17.8 Å². The van der Waals surface area contributed by atoms with Crippen LogP contribution in [0.25, 0.3) is 0 Å². The zero-order valence-electron chi connectivity index (χ0n) is 7.43. The van der Waals surface area contributed by atoms with Crippen LogP contribution >= 0.6 is 11.3 Å². The Bertz CT molecular complexity index is 234. The van der Waals surface area contributed by atoms with Gasteiger partial charge in [0.25, 0.3) is 0 Å². The quantitative estimate of drug-likeness (QED) is 0.764. The van der Waals surface area contributed by atoms with Crippen LogP contribution in [0.15, 0.2) is 12.1 Å². The largest absolute Gasteiger partial charge is 0.309 e. The minimum Gasteiger partial charge on any atom is -0.309 e. The molecule has 0 unspecified atom stereocenters. The Morgan fingerprint density at radius 1 is 1.58 bits per heavy atom. The number of nitrogens with one attached hydrogen (secondary N) is 1. The van der Waals surface area contributed by atoms with Gasteiger partial charge in [0.1, 0.15) is 0 Å². The topological polar surface area (TPSA) is 12.0 Å². The molecule has 1 heterocycles. The molecule has 1 nitrogen and oxygen atoms in total. The first-order valence-corrected chi connectivity index (χ1v) is 5.01. The summed E-state index contributed by atoms with van der Waals surface area (Å²) in [5, 5.41) is 3.20. The molecule has 0 amide bonds. The second kappa shape index (κ2) is 4.58. The maximum atomic E-state index is 12.5. The number of thiophene rings is 1. The molecule has 0 aliphatic heterocycles. The summed E-state index contributed by atoms with van der Waals surface area (Å²) >= 11 is 1.21. The molecular formula is C9H14FNS. The van der Waals surface area contributed by atoms with Crippen molar-refractivity contribution >= 4 is 11.3 Å². The number of hydrogen-bond donors (Lipinski definition) is 1. The molecule has 0 aliphatic rings. The van der Waals surface area contributed by atoms with Crippen LogP contribution in [-0.4, -0.2) is 6.04 Å². The first-order chi connectivity index (χ1) is 5.72. The lowest BCUT2D eigenvalue weighted by atomic mass is 10.2. The van der Waals surface area contributed by atoms with Crippen molar-refractivity contribution in [3.63, 3.8) is 0 Å². The molecule has 0 saturated carbocycles. The van der Waals surface area contributed by atoms with Gasteiger partial charge in [-0.25, -0.2) is 0 Å². The molecule has 0 fully saturated rings. The van der Waals surface area contributed by atoms with E-state index in [9.17, 15) is 4.39 Å². The Kier molecular flexibility index (Phi) is 3.69. The molecule has 3 heteroatoms. The second-order valence-electron chi connectivity index (χ2n) is 2.90. The number of hydrogen-bond acceptors (Lipinski definition) is 2. The molecule has 1 N–H and O–H groups in total. The molecule has 0 bridgehead atoms. The summed E-state index contributed by atoms with van der Waals surface area (Å²) in [6.07, 6.45) is 1.11. The molecule has 0 aromatic carbocycles. The van der Waals surface area contributed by atoms with Crippen molar-refractivity contribution in [1.29, 1.82) is 0 Å². The molecule has 0 saturated heterocycles. The third kappa shape index (κ3) is 2.91. The summed E-state index contributed by atoms with van der Waals surface area (Å²) in [5.41, 5.74) is 0. The van der Waals surface area contributed by atoms with Gasteiger partial charge in [-0.05, 0) is 25.5 Å². The highest BCUT2D eigenvalue weighted by Gasteiger charge is 2.00.